The molecule has 140 valence electrons. The second-order valence-corrected chi connectivity index (χ2v) is 7.67. The van der Waals surface area contributed by atoms with E-state index in [-0.39, 0.29) is 23.7 Å². The van der Waals surface area contributed by atoms with Crippen molar-refractivity contribution in [3.05, 3.63) is 29.7 Å². The van der Waals surface area contributed by atoms with E-state index in [1.165, 1.54) is 17.6 Å². The molecule has 4 rings (SSSR count). The Bertz CT molecular complexity index is 1040. The second kappa shape index (κ2) is 6.62. The SMILES string of the molecule is C=C(C)C(C)c1nocc1C(=O)Nc1[nH]nc2nc(NC(=O)C3CC3)sc12. The lowest BCUT2D eigenvalue weighted by Crippen LogP contribution is -2.15. The van der Waals surface area contributed by atoms with Crippen molar-refractivity contribution in [1.82, 2.24) is 20.3 Å². The Labute approximate surface area is 158 Å². The molecule has 1 unspecified atom stereocenters. The van der Waals surface area contributed by atoms with E-state index in [1.807, 2.05) is 13.8 Å². The largest absolute Gasteiger partial charge is 0.364 e. The van der Waals surface area contributed by atoms with Gasteiger partial charge in [0.15, 0.2) is 10.8 Å². The van der Waals surface area contributed by atoms with Gasteiger partial charge in [0.05, 0.1) is 0 Å². The summed E-state index contributed by atoms with van der Waals surface area (Å²) in [5, 5.41) is 16.8. The molecule has 0 bridgehead atoms. The number of aromatic amines is 1. The first-order valence-electron chi connectivity index (χ1n) is 8.50. The van der Waals surface area contributed by atoms with Crippen molar-refractivity contribution in [2.45, 2.75) is 32.6 Å². The maximum atomic E-state index is 12.7. The molecule has 0 aliphatic heterocycles. The summed E-state index contributed by atoms with van der Waals surface area (Å²) in [4.78, 5) is 28.8. The van der Waals surface area contributed by atoms with Crippen LogP contribution in [0.1, 0.15) is 48.7 Å². The highest BCUT2D eigenvalue weighted by Crippen LogP contribution is 2.34. The van der Waals surface area contributed by atoms with Gasteiger partial charge in [-0.2, -0.15) is 10.1 Å². The molecule has 0 radical (unpaired) electrons. The number of hydrogen-bond donors (Lipinski definition) is 3. The zero-order valence-electron chi connectivity index (χ0n) is 14.8. The molecule has 3 aromatic heterocycles. The van der Waals surface area contributed by atoms with Crippen LogP contribution in [0, 0.1) is 5.92 Å². The molecule has 9 nitrogen and oxygen atoms in total. The number of thiazole rings is 1. The van der Waals surface area contributed by atoms with E-state index in [9.17, 15) is 9.59 Å². The quantitative estimate of drug-likeness (QED) is 0.558. The zero-order valence-corrected chi connectivity index (χ0v) is 15.6. The van der Waals surface area contributed by atoms with Gasteiger partial charge in [0.1, 0.15) is 28.0 Å². The van der Waals surface area contributed by atoms with Crippen molar-refractivity contribution in [1.29, 1.82) is 0 Å². The number of hydrogen-bond acceptors (Lipinski definition) is 7. The molecule has 1 saturated carbocycles. The summed E-state index contributed by atoms with van der Waals surface area (Å²) in [6, 6.07) is 0. The highest BCUT2D eigenvalue weighted by Gasteiger charge is 2.30. The maximum Gasteiger partial charge on any atom is 0.262 e. The fourth-order valence-corrected chi connectivity index (χ4v) is 3.40. The normalized spacial score (nSPS) is 14.9. The Hall–Kier alpha value is -3.01. The first-order chi connectivity index (χ1) is 12.9. The van der Waals surface area contributed by atoms with Gasteiger partial charge < -0.3 is 15.2 Å². The molecule has 3 heterocycles. The summed E-state index contributed by atoms with van der Waals surface area (Å²) in [6.45, 7) is 7.68. The van der Waals surface area contributed by atoms with E-state index < -0.39 is 0 Å². The average Bonchev–Trinajstić information content (AvgIpc) is 3.07. The van der Waals surface area contributed by atoms with Crippen LogP contribution >= 0.6 is 11.3 Å². The Kier molecular flexibility index (Phi) is 4.27. The third-order valence-corrected chi connectivity index (χ3v) is 5.50. The van der Waals surface area contributed by atoms with Gasteiger partial charge in [-0.25, -0.2) is 0 Å². The van der Waals surface area contributed by atoms with Crippen LogP contribution in [0.15, 0.2) is 22.9 Å². The third-order valence-electron chi connectivity index (χ3n) is 4.52. The molecule has 1 aliphatic carbocycles. The fourth-order valence-electron chi connectivity index (χ4n) is 2.54. The average molecular weight is 386 g/mol. The van der Waals surface area contributed by atoms with E-state index in [0.717, 1.165) is 18.4 Å². The fraction of sp³-hybridized carbons (Fsp3) is 0.353. The molecule has 3 aromatic rings. The molecule has 0 spiro atoms. The van der Waals surface area contributed by atoms with E-state index in [1.54, 1.807) is 0 Å². The number of anilines is 2. The van der Waals surface area contributed by atoms with Gasteiger partial charge >= 0.3 is 0 Å². The molecular formula is C17H18N6O3S. The second-order valence-electron chi connectivity index (χ2n) is 6.67. The van der Waals surface area contributed by atoms with Crippen LogP contribution in [-0.2, 0) is 4.79 Å². The Morgan fingerprint density at radius 3 is 2.89 bits per heavy atom. The monoisotopic (exact) mass is 386 g/mol. The number of aromatic nitrogens is 4. The van der Waals surface area contributed by atoms with Crippen molar-refractivity contribution in [2.24, 2.45) is 5.92 Å². The third kappa shape index (κ3) is 3.35. The van der Waals surface area contributed by atoms with Crippen LogP contribution in [0.5, 0.6) is 0 Å². The molecule has 1 fully saturated rings. The zero-order chi connectivity index (χ0) is 19.1. The minimum Gasteiger partial charge on any atom is -0.364 e. The predicted molar refractivity (Wildman–Crippen MR) is 101 cm³/mol. The topological polar surface area (TPSA) is 126 Å². The van der Waals surface area contributed by atoms with Gasteiger partial charge in [-0.3, -0.25) is 14.7 Å². The Morgan fingerprint density at radius 1 is 1.41 bits per heavy atom. The molecule has 2 amide bonds. The van der Waals surface area contributed by atoms with Crippen LogP contribution < -0.4 is 10.6 Å². The summed E-state index contributed by atoms with van der Waals surface area (Å²) in [5.41, 5.74) is 2.17. The highest BCUT2D eigenvalue weighted by molar-refractivity contribution is 7.22. The van der Waals surface area contributed by atoms with Crippen LogP contribution in [-0.4, -0.2) is 32.2 Å². The number of carbonyl (C=O) groups is 2. The van der Waals surface area contributed by atoms with Crippen LogP contribution in [0.4, 0.5) is 10.9 Å². The summed E-state index contributed by atoms with van der Waals surface area (Å²) in [5.74, 6) is -0.0107. The van der Waals surface area contributed by atoms with Crippen molar-refractivity contribution in [3.63, 3.8) is 0 Å². The van der Waals surface area contributed by atoms with E-state index >= 15 is 0 Å². The predicted octanol–water partition coefficient (Wildman–Crippen LogP) is 3.29. The van der Waals surface area contributed by atoms with Gasteiger partial charge in [-0.1, -0.05) is 35.6 Å². The number of carbonyl (C=O) groups excluding carboxylic acids is 2. The van der Waals surface area contributed by atoms with E-state index in [4.69, 9.17) is 4.52 Å². The summed E-state index contributed by atoms with van der Waals surface area (Å²) in [7, 11) is 0. The standard InChI is InChI=1S/C17H18N6O3S/c1-7(2)8(3)11-10(6-26-23-11)16(25)18-13-12-14(22-21-13)19-17(27-12)20-15(24)9-4-5-9/h6,8-9H,1,4-5H2,2-3H3,(H3,18,19,20,21,22,24,25). The molecule has 1 aliphatic rings. The number of H-pyrrole nitrogens is 1. The smallest absolute Gasteiger partial charge is 0.262 e. The van der Waals surface area contributed by atoms with E-state index in [2.05, 4.69) is 37.6 Å². The lowest BCUT2D eigenvalue weighted by Gasteiger charge is -2.09. The highest BCUT2D eigenvalue weighted by atomic mass is 32.1. The lowest BCUT2D eigenvalue weighted by molar-refractivity contribution is -0.117. The maximum absolute atomic E-state index is 12.7. The van der Waals surface area contributed by atoms with Crippen LogP contribution in [0.2, 0.25) is 0 Å². The number of rotatable bonds is 6. The number of nitrogens with zero attached hydrogens (tertiary/aromatic N) is 3. The minimum atomic E-state index is -0.373. The van der Waals surface area contributed by atoms with Gasteiger partial charge in [0.25, 0.3) is 5.91 Å². The van der Waals surface area contributed by atoms with Crippen LogP contribution in [0.3, 0.4) is 0 Å². The van der Waals surface area contributed by atoms with Crippen molar-refractivity contribution < 1.29 is 14.1 Å². The van der Waals surface area contributed by atoms with Crippen molar-refractivity contribution in [3.8, 4) is 0 Å². The first kappa shape index (κ1) is 17.4. The minimum absolute atomic E-state index is 0.0242. The molecule has 3 N–H and O–H groups in total. The van der Waals surface area contributed by atoms with Crippen LogP contribution in [0.25, 0.3) is 10.3 Å². The molecular weight excluding hydrogens is 368 g/mol. The lowest BCUT2D eigenvalue weighted by atomic mass is 9.97. The number of nitrogens with one attached hydrogen (secondary N) is 3. The Balaban J connectivity index is 1.54. The summed E-state index contributed by atoms with van der Waals surface area (Å²) in [6.07, 6.45) is 3.14. The Morgan fingerprint density at radius 2 is 2.19 bits per heavy atom. The van der Waals surface area contributed by atoms with Gasteiger partial charge in [-0.05, 0) is 19.8 Å². The van der Waals surface area contributed by atoms with E-state index in [0.29, 0.717) is 32.6 Å². The number of fused-ring (bicyclic) bond motifs is 1. The summed E-state index contributed by atoms with van der Waals surface area (Å²) < 4.78 is 5.64. The van der Waals surface area contributed by atoms with Crippen molar-refractivity contribution in [2.75, 3.05) is 10.6 Å². The van der Waals surface area contributed by atoms with Gasteiger partial charge in [0.2, 0.25) is 5.91 Å². The molecule has 10 heteroatoms. The first-order valence-corrected chi connectivity index (χ1v) is 9.32. The molecule has 0 saturated heterocycles. The molecule has 0 aromatic carbocycles. The molecule has 27 heavy (non-hydrogen) atoms. The van der Waals surface area contributed by atoms with Gasteiger partial charge in [-0.15, -0.1) is 0 Å². The summed E-state index contributed by atoms with van der Waals surface area (Å²) >= 11 is 1.25. The number of allylic oxidation sites excluding steroid dienone is 1. The van der Waals surface area contributed by atoms with Crippen molar-refractivity contribution >= 4 is 44.4 Å². The number of amides is 2. The molecule has 1 atom stereocenters. The van der Waals surface area contributed by atoms with Gasteiger partial charge in [0, 0.05) is 11.8 Å².